The SMILES string of the molecule is CCOC1Oc2ccccc2C(=O)/C1=C\O. The molecule has 0 aliphatic carbocycles. The van der Waals surface area contributed by atoms with E-state index in [1.165, 1.54) is 0 Å². The van der Waals surface area contributed by atoms with Crippen molar-refractivity contribution in [2.45, 2.75) is 13.2 Å². The van der Waals surface area contributed by atoms with Crippen LogP contribution in [0, 0.1) is 0 Å². The second kappa shape index (κ2) is 4.37. The molecule has 1 atom stereocenters. The van der Waals surface area contributed by atoms with Gasteiger partial charge in [-0.25, -0.2) is 0 Å². The van der Waals surface area contributed by atoms with Crippen molar-refractivity contribution < 1.29 is 19.4 Å². The van der Waals surface area contributed by atoms with Gasteiger partial charge in [0.2, 0.25) is 12.1 Å². The maximum atomic E-state index is 11.9. The van der Waals surface area contributed by atoms with Gasteiger partial charge in [-0.15, -0.1) is 0 Å². The van der Waals surface area contributed by atoms with Crippen LogP contribution in [0.1, 0.15) is 17.3 Å². The third kappa shape index (κ3) is 1.67. The minimum absolute atomic E-state index is 0.126. The molecule has 16 heavy (non-hydrogen) atoms. The van der Waals surface area contributed by atoms with Crippen LogP contribution in [0.3, 0.4) is 0 Å². The molecule has 0 fully saturated rings. The monoisotopic (exact) mass is 220 g/mol. The van der Waals surface area contributed by atoms with Crippen LogP contribution in [0.5, 0.6) is 5.75 Å². The van der Waals surface area contributed by atoms with Gasteiger partial charge in [0.05, 0.1) is 11.8 Å². The Kier molecular flexibility index (Phi) is 2.92. The summed E-state index contributed by atoms with van der Waals surface area (Å²) in [5, 5.41) is 9.04. The van der Waals surface area contributed by atoms with Crippen molar-refractivity contribution in [1.82, 2.24) is 0 Å². The Labute approximate surface area is 93.1 Å². The molecular formula is C12H12O4. The molecule has 0 radical (unpaired) electrons. The third-order valence-electron chi connectivity index (χ3n) is 2.34. The number of aliphatic hydroxyl groups is 1. The Morgan fingerprint density at radius 3 is 2.94 bits per heavy atom. The molecular weight excluding hydrogens is 208 g/mol. The van der Waals surface area contributed by atoms with E-state index < -0.39 is 6.29 Å². The van der Waals surface area contributed by atoms with Gasteiger partial charge in [0, 0.05) is 6.61 Å². The first kappa shape index (κ1) is 10.7. The van der Waals surface area contributed by atoms with Gasteiger partial charge < -0.3 is 14.6 Å². The van der Waals surface area contributed by atoms with Crippen molar-refractivity contribution in [2.24, 2.45) is 0 Å². The van der Waals surface area contributed by atoms with Crippen molar-refractivity contribution in [1.29, 1.82) is 0 Å². The Morgan fingerprint density at radius 2 is 2.25 bits per heavy atom. The molecule has 1 N–H and O–H groups in total. The van der Waals surface area contributed by atoms with Gasteiger partial charge in [0.25, 0.3) is 0 Å². The number of fused-ring (bicyclic) bond motifs is 1. The lowest BCUT2D eigenvalue weighted by Gasteiger charge is -2.26. The number of carbonyl (C=O) groups excluding carboxylic acids is 1. The summed E-state index contributed by atoms with van der Waals surface area (Å²) >= 11 is 0. The molecule has 0 bridgehead atoms. The van der Waals surface area contributed by atoms with Crippen LogP contribution in [-0.4, -0.2) is 23.8 Å². The molecule has 1 unspecified atom stereocenters. The first-order valence-corrected chi connectivity index (χ1v) is 5.04. The van der Waals surface area contributed by atoms with Crippen LogP contribution >= 0.6 is 0 Å². The normalized spacial score (nSPS) is 21.7. The Bertz CT molecular complexity index is 436. The third-order valence-corrected chi connectivity index (χ3v) is 2.34. The fraction of sp³-hybridized carbons (Fsp3) is 0.250. The highest BCUT2D eigenvalue weighted by molar-refractivity contribution is 6.11. The molecule has 1 aliphatic heterocycles. The second-order valence-corrected chi connectivity index (χ2v) is 3.31. The van der Waals surface area contributed by atoms with E-state index in [-0.39, 0.29) is 11.4 Å². The van der Waals surface area contributed by atoms with E-state index in [2.05, 4.69) is 0 Å². The highest BCUT2D eigenvalue weighted by Gasteiger charge is 2.32. The summed E-state index contributed by atoms with van der Waals surface area (Å²) in [7, 11) is 0. The summed E-state index contributed by atoms with van der Waals surface area (Å²) < 4.78 is 10.7. The predicted molar refractivity (Wildman–Crippen MR) is 57.5 cm³/mol. The first-order valence-electron chi connectivity index (χ1n) is 5.04. The van der Waals surface area contributed by atoms with Gasteiger partial charge in [-0.2, -0.15) is 0 Å². The minimum atomic E-state index is -0.822. The summed E-state index contributed by atoms with van der Waals surface area (Å²) in [5.41, 5.74) is 0.569. The maximum absolute atomic E-state index is 11.9. The lowest BCUT2D eigenvalue weighted by atomic mass is 10.0. The maximum Gasteiger partial charge on any atom is 0.233 e. The topological polar surface area (TPSA) is 55.8 Å². The molecule has 1 heterocycles. The molecule has 84 valence electrons. The quantitative estimate of drug-likeness (QED) is 0.612. The van der Waals surface area contributed by atoms with Crippen molar-refractivity contribution in [2.75, 3.05) is 6.61 Å². The summed E-state index contributed by atoms with van der Waals surface area (Å²) in [6.07, 6.45) is -0.0732. The second-order valence-electron chi connectivity index (χ2n) is 3.31. The van der Waals surface area contributed by atoms with Gasteiger partial charge >= 0.3 is 0 Å². The summed E-state index contributed by atoms with van der Waals surface area (Å²) in [6.45, 7) is 2.20. The number of hydrogen-bond donors (Lipinski definition) is 1. The summed E-state index contributed by atoms with van der Waals surface area (Å²) in [6, 6.07) is 6.88. The highest BCUT2D eigenvalue weighted by Crippen LogP contribution is 2.30. The number of Topliss-reactive ketones (excluding diaryl/α,β-unsaturated/α-hetero) is 1. The largest absolute Gasteiger partial charge is 0.515 e. The van der Waals surface area contributed by atoms with Crippen LogP contribution in [-0.2, 0) is 4.74 Å². The molecule has 1 aliphatic rings. The first-order chi connectivity index (χ1) is 7.77. The number of hydrogen-bond acceptors (Lipinski definition) is 4. The van der Waals surface area contributed by atoms with E-state index >= 15 is 0 Å². The zero-order valence-electron chi connectivity index (χ0n) is 8.84. The minimum Gasteiger partial charge on any atom is -0.515 e. The molecule has 1 aromatic rings. The van der Waals surface area contributed by atoms with E-state index in [9.17, 15) is 4.79 Å². The molecule has 0 saturated heterocycles. The molecule has 0 amide bonds. The fourth-order valence-corrected chi connectivity index (χ4v) is 1.59. The number of carbonyl (C=O) groups is 1. The summed E-state index contributed by atoms with van der Waals surface area (Å²) in [5.74, 6) is 0.222. The van der Waals surface area contributed by atoms with Crippen molar-refractivity contribution in [3.63, 3.8) is 0 Å². The number of ether oxygens (including phenoxy) is 2. The zero-order valence-corrected chi connectivity index (χ0v) is 8.84. The van der Waals surface area contributed by atoms with Crippen molar-refractivity contribution >= 4 is 5.78 Å². The Hall–Kier alpha value is -1.81. The zero-order chi connectivity index (χ0) is 11.5. The smallest absolute Gasteiger partial charge is 0.233 e. The Morgan fingerprint density at radius 1 is 1.50 bits per heavy atom. The van der Waals surface area contributed by atoms with Gasteiger partial charge in [-0.3, -0.25) is 4.79 Å². The fourth-order valence-electron chi connectivity index (χ4n) is 1.59. The number of para-hydroxylation sites is 1. The van der Waals surface area contributed by atoms with Crippen LogP contribution < -0.4 is 4.74 Å². The van der Waals surface area contributed by atoms with Crippen molar-refractivity contribution in [3.05, 3.63) is 41.7 Å². The molecule has 2 rings (SSSR count). The summed E-state index contributed by atoms with van der Waals surface area (Å²) in [4.78, 5) is 11.9. The molecule has 0 spiro atoms. The van der Waals surface area contributed by atoms with E-state index in [0.717, 1.165) is 6.26 Å². The number of ketones is 1. The number of benzene rings is 1. The van der Waals surface area contributed by atoms with Gasteiger partial charge in [-0.05, 0) is 19.1 Å². The van der Waals surface area contributed by atoms with Crippen molar-refractivity contribution in [3.8, 4) is 5.75 Å². The molecule has 4 nitrogen and oxygen atoms in total. The van der Waals surface area contributed by atoms with E-state index in [4.69, 9.17) is 14.6 Å². The van der Waals surface area contributed by atoms with Gasteiger partial charge in [0.1, 0.15) is 11.3 Å². The molecule has 4 heteroatoms. The van der Waals surface area contributed by atoms with Crippen LogP contribution in [0.2, 0.25) is 0 Å². The van der Waals surface area contributed by atoms with E-state index in [0.29, 0.717) is 17.9 Å². The molecule has 0 saturated carbocycles. The Balaban J connectivity index is 2.42. The molecule has 0 aromatic heterocycles. The van der Waals surface area contributed by atoms with Gasteiger partial charge in [-0.1, -0.05) is 12.1 Å². The average Bonchev–Trinajstić information content (AvgIpc) is 2.30. The lowest BCUT2D eigenvalue weighted by Crippen LogP contribution is -2.32. The molecule has 1 aromatic carbocycles. The lowest BCUT2D eigenvalue weighted by molar-refractivity contribution is -0.0520. The van der Waals surface area contributed by atoms with Gasteiger partial charge in [0.15, 0.2) is 0 Å². The van der Waals surface area contributed by atoms with E-state index in [1.807, 2.05) is 0 Å². The van der Waals surface area contributed by atoms with Crippen LogP contribution in [0.4, 0.5) is 0 Å². The average molecular weight is 220 g/mol. The van der Waals surface area contributed by atoms with E-state index in [1.54, 1.807) is 31.2 Å². The van der Waals surface area contributed by atoms with Crippen LogP contribution in [0.25, 0.3) is 0 Å². The number of rotatable bonds is 2. The van der Waals surface area contributed by atoms with Crippen LogP contribution in [0.15, 0.2) is 36.1 Å². The number of aliphatic hydroxyl groups excluding tert-OH is 1. The highest BCUT2D eigenvalue weighted by atomic mass is 16.7. The standard InChI is InChI=1S/C12H12O4/c1-2-15-12-9(7-13)11(14)8-5-3-4-6-10(8)16-12/h3-7,12-13H,2H2,1H3/b9-7+. The predicted octanol–water partition coefficient (Wildman–Crippen LogP) is 2.07.